The lowest BCUT2D eigenvalue weighted by atomic mass is 10.1. The second-order valence-corrected chi connectivity index (χ2v) is 7.25. The summed E-state index contributed by atoms with van der Waals surface area (Å²) in [6, 6.07) is 5.70. The van der Waals surface area contributed by atoms with Gasteiger partial charge in [0.1, 0.15) is 5.82 Å². The first-order valence-electron chi connectivity index (χ1n) is 10.4. The minimum absolute atomic E-state index is 0. The Hall–Kier alpha value is -1.62. The van der Waals surface area contributed by atoms with Gasteiger partial charge in [0, 0.05) is 52.9 Å². The number of amides is 1. The molecule has 7 nitrogen and oxygen atoms in total. The van der Waals surface area contributed by atoms with E-state index in [1.807, 2.05) is 30.9 Å². The molecule has 3 N–H and O–H groups in total. The highest BCUT2D eigenvalue weighted by molar-refractivity contribution is 14.0. The Morgan fingerprint density at radius 1 is 1.27 bits per heavy atom. The van der Waals surface area contributed by atoms with Crippen molar-refractivity contribution >= 4 is 41.5 Å². The van der Waals surface area contributed by atoms with E-state index in [9.17, 15) is 9.18 Å². The molecule has 2 rings (SSSR count). The average molecular weight is 534 g/mol. The number of halogens is 2. The quantitative estimate of drug-likeness (QED) is 0.271. The van der Waals surface area contributed by atoms with E-state index in [1.54, 1.807) is 20.2 Å². The second-order valence-electron chi connectivity index (χ2n) is 7.25. The van der Waals surface area contributed by atoms with Gasteiger partial charge in [-0.15, -0.1) is 24.0 Å². The molecule has 1 aromatic rings. The van der Waals surface area contributed by atoms with Gasteiger partial charge >= 0.3 is 0 Å². The molecule has 0 saturated carbocycles. The molecule has 0 aromatic heterocycles. The Bertz CT molecular complexity index is 690. The molecule has 1 heterocycles. The summed E-state index contributed by atoms with van der Waals surface area (Å²) in [5, 5.41) is 9.37. The van der Waals surface area contributed by atoms with Gasteiger partial charge in [0.2, 0.25) is 5.91 Å². The van der Waals surface area contributed by atoms with Crippen LogP contribution in [0.5, 0.6) is 0 Å². The zero-order valence-electron chi connectivity index (χ0n) is 18.5. The highest BCUT2D eigenvalue weighted by atomic mass is 127. The number of hydrogen-bond donors (Lipinski definition) is 3. The number of piperidine rings is 1. The van der Waals surface area contributed by atoms with Crippen LogP contribution in [0.4, 0.5) is 10.1 Å². The van der Waals surface area contributed by atoms with Crippen LogP contribution in [0.15, 0.2) is 23.2 Å². The molecular formula is C21H36FIN6O. The van der Waals surface area contributed by atoms with Crippen LogP contribution in [-0.4, -0.2) is 69.6 Å². The number of anilines is 1. The number of nitrogens with zero attached hydrogens (tertiary/aromatic N) is 3. The van der Waals surface area contributed by atoms with Crippen LogP contribution in [0, 0.1) is 5.82 Å². The standard InChI is InChI=1S/C21H35FN6O.HI/c1-5-28(6-2)19-8-7-16(13-18(19)22)14-25-21(24-4)26-17-9-11-27(12-10-17)15-20(29)23-3;/h7-8,13,17H,5-6,9-12,14-15H2,1-4H3,(H,23,29)(H2,24,25,26);1H. The van der Waals surface area contributed by atoms with E-state index in [4.69, 9.17) is 0 Å². The van der Waals surface area contributed by atoms with Gasteiger partial charge in [-0.3, -0.25) is 14.7 Å². The van der Waals surface area contributed by atoms with E-state index in [0.29, 0.717) is 30.8 Å². The lowest BCUT2D eigenvalue weighted by molar-refractivity contribution is -0.122. The number of benzene rings is 1. The molecule has 9 heteroatoms. The van der Waals surface area contributed by atoms with E-state index < -0.39 is 0 Å². The third-order valence-electron chi connectivity index (χ3n) is 5.37. The summed E-state index contributed by atoms with van der Waals surface area (Å²) in [5.74, 6) is 0.565. The number of aliphatic imine (C=N–C) groups is 1. The Balaban J connectivity index is 0.00000450. The largest absolute Gasteiger partial charge is 0.370 e. The summed E-state index contributed by atoms with van der Waals surface area (Å²) in [4.78, 5) is 19.9. The van der Waals surface area contributed by atoms with Gasteiger partial charge in [-0.2, -0.15) is 0 Å². The molecule has 1 amide bonds. The highest BCUT2D eigenvalue weighted by Gasteiger charge is 2.21. The van der Waals surface area contributed by atoms with Crippen LogP contribution in [0.3, 0.4) is 0 Å². The van der Waals surface area contributed by atoms with E-state index in [-0.39, 0.29) is 35.7 Å². The van der Waals surface area contributed by atoms with Gasteiger partial charge in [-0.05, 0) is 44.4 Å². The zero-order valence-corrected chi connectivity index (χ0v) is 20.8. The molecule has 1 saturated heterocycles. The van der Waals surface area contributed by atoms with Gasteiger partial charge in [0.25, 0.3) is 0 Å². The summed E-state index contributed by atoms with van der Waals surface area (Å²) < 4.78 is 14.5. The van der Waals surface area contributed by atoms with Gasteiger partial charge in [0.15, 0.2) is 5.96 Å². The predicted molar refractivity (Wildman–Crippen MR) is 132 cm³/mol. The molecule has 30 heavy (non-hydrogen) atoms. The van der Waals surface area contributed by atoms with Crippen LogP contribution < -0.4 is 20.9 Å². The summed E-state index contributed by atoms with van der Waals surface area (Å²) in [5.41, 5.74) is 1.52. The van der Waals surface area contributed by atoms with Crippen molar-refractivity contribution in [2.24, 2.45) is 4.99 Å². The summed E-state index contributed by atoms with van der Waals surface area (Å²) in [6.07, 6.45) is 1.90. The fourth-order valence-corrected chi connectivity index (χ4v) is 3.57. The maximum absolute atomic E-state index is 14.5. The Kier molecular flexibility index (Phi) is 12.0. The Labute approximate surface area is 196 Å². The highest BCUT2D eigenvalue weighted by Crippen LogP contribution is 2.20. The van der Waals surface area contributed by atoms with E-state index in [0.717, 1.165) is 44.6 Å². The average Bonchev–Trinajstić information content (AvgIpc) is 2.74. The van der Waals surface area contributed by atoms with Crippen LogP contribution in [0.2, 0.25) is 0 Å². The molecule has 1 aromatic carbocycles. The molecule has 0 bridgehead atoms. The summed E-state index contributed by atoms with van der Waals surface area (Å²) >= 11 is 0. The first kappa shape index (κ1) is 26.4. The van der Waals surface area contributed by atoms with Crippen molar-refractivity contribution in [2.45, 2.75) is 39.3 Å². The number of carbonyl (C=O) groups is 1. The van der Waals surface area contributed by atoms with Crippen molar-refractivity contribution in [3.8, 4) is 0 Å². The van der Waals surface area contributed by atoms with E-state index in [1.165, 1.54) is 0 Å². The van der Waals surface area contributed by atoms with Crippen molar-refractivity contribution < 1.29 is 9.18 Å². The molecular weight excluding hydrogens is 498 g/mol. The van der Waals surface area contributed by atoms with Crippen LogP contribution in [0.25, 0.3) is 0 Å². The first-order chi connectivity index (χ1) is 14.0. The van der Waals surface area contributed by atoms with E-state index in [2.05, 4.69) is 25.8 Å². The van der Waals surface area contributed by atoms with E-state index >= 15 is 0 Å². The third kappa shape index (κ3) is 7.90. The maximum Gasteiger partial charge on any atom is 0.233 e. The molecule has 1 aliphatic rings. The molecule has 0 spiro atoms. The number of carbonyl (C=O) groups excluding carboxylic acids is 1. The number of likely N-dealkylation sites (N-methyl/N-ethyl adjacent to an activating group) is 1. The number of guanidine groups is 1. The van der Waals surface area contributed by atoms with Crippen molar-refractivity contribution in [3.63, 3.8) is 0 Å². The molecule has 0 aliphatic carbocycles. The lowest BCUT2D eigenvalue weighted by Gasteiger charge is -2.32. The number of nitrogens with one attached hydrogen (secondary N) is 3. The van der Waals surface area contributed by atoms with Crippen molar-refractivity contribution in [3.05, 3.63) is 29.6 Å². The fraction of sp³-hybridized carbons (Fsp3) is 0.619. The monoisotopic (exact) mass is 534 g/mol. The Morgan fingerprint density at radius 3 is 2.47 bits per heavy atom. The van der Waals surface area contributed by atoms with Crippen LogP contribution in [-0.2, 0) is 11.3 Å². The van der Waals surface area contributed by atoms with Gasteiger partial charge in [-0.25, -0.2) is 4.39 Å². The summed E-state index contributed by atoms with van der Waals surface area (Å²) in [7, 11) is 3.40. The Morgan fingerprint density at radius 2 is 1.93 bits per heavy atom. The van der Waals surface area contributed by atoms with Gasteiger partial charge < -0.3 is 20.9 Å². The topological polar surface area (TPSA) is 72.0 Å². The molecule has 1 fully saturated rings. The van der Waals surface area contributed by atoms with Crippen LogP contribution >= 0.6 is 24.0 Å². The minimum atomic E-state index is -0.195. The smallest absolute Gasteiger partial charge is 0.233 e. The van der Waals surface area contributed by atoms with Crippen LogP contribution in [0.1, 0.15) is 32.3 Å². The maximum atomic E-state index is 14.5. The third-order valence-corrected chi connectivity index (χ3v) is 5.37. The molecule has 1 aliphatic heterocycles. The van der Waals surface area contributed by atoms with Crippen molar-refractivity contribution in [1.29, 1.82) is 0 Å². The van der Waals surface area contributed by atoms with Crippen molar-refractivity contribution in [1.82, 2.24) is 20.9 Å². The summed E-state index contributed by atoms with van der Waals surface area (Å²) in [6.45, 7) is 8.32. The SMILES string of the molecule is CCN(CC)c1ccc(CNC(=NC)NC2CCN(CC(=O)NC)CC2)cc1F.I. The second kappa shape index (κ2) is 13.6. The normalized spacial score (nSPS) is 15.3. The molecule has 0 atom stereocenters. The number of likely N-dealkylation sites (tertiary alicyclic amines) is 1. The van der Waals surface area contributed by atoms with Gasteiger partial charge in [-0.1, -0.05) is 6.07 Å². The lowest BCUT2D eigenvalue weighted by Crippen LogP contribution is -2.49. The van der Waals surface area contributed by atoms with Crippen molar-refractivity contribution in [2.75, 3.05) is 51.7 Å². The first-order valence-corrected chi connectivity index (χ1v) is 10.4. The zero-order chi connectivity index (χ0) is 21.2. The molecule has 0 unspecified atom stereocenters. The van der Waals surface area contributed by atoms with Gasteiger partial charge in [0.05, 0.1) is 12.2 Å². The molecule has 0 radical (unpaired) electrons. The number of hydrogen-bond acceptors (Lipinski definition) is 4. The number of rotatable bonds is 8. The minimum Gasteiger partial charge on any atom is -0.370 e. The molecule has 170 valence electrons. The predicted octanol–water partition coefficient (Wildman–Crippen LogP) is 2.17. The fourth-order valence-electron chi connectivity index (χ4n) is 3.57.